The molecule has 0 bridgehead atoms. The van der Waals surface area contributed by atoms with Gasteiger partial charge in [0.2, 0.25) is 0 Å². The van der Waals surface area contributed by atoms with E-state index in [1.807, 2.05) is 13.0 Å². The maximum absolute atomic E-state index is 2.95. The molecule has 0 aliphatic heterocycles. The van der Waals surface area contributed by atoms with Gasteiger partial charge < -0.3 is 0 Å². The topological polar surface area (TPSA) is 0 Å². The van der Waals surface area contributed by atoms with E-state index in [2.05, 4.69) is 24.8 Å². The minimum atomic E-state index is 0.952. The second-order valence-electron chi connectivity index (χ2n) is 1.49. The van der Waals surface area contributed by atoms with Gasteiger partial charge in [0.05, 0.1) is 0 Å². The lowest BCUT2D eigenvalue weighted by Crippen LogP contribution is -1.53. The molecule has 8 heavy (non-hydrogen) atoms. The van der Waals surface area contributed by atoms with Gasteiger partial charge in [-0.2, -0.15) is 0 Å². The van der Waals surface area contributed by atoms with E-state index in [9.17, 15) is 0 Å². The SMILES string of the molecule is CCC#C/C=C\CC. The third-order valence-corrected chi connectivity index (χ3v) is 0.716. The fraction of sp³-hybridized carbons (Fsp3) is 0.500. The zero-order valence-electron chi connectivity index (χ0n) is 5.57. The Balaban J connectivity index is 3.26. The third kappa shape index (κ3) is 5.30. The summed E-state index contributed by atoms with van der Waals surface area (Å²) >= 11 is 0. The molecule has 0 saturated heterocycles. The van der Waals surface area contributed by atoms with Crippen molar-refractivity contribution in [3.8, 4) is 11.8 Å². The van der Waals surface area contributed by atoms with E-state index in [-0.39, 0.29) is 0 Å². The zero-order chi connectivity index (χ0) is 6.24. The summed E-state index contributed by atoms with van der Waals surface area (Å²) in [5.41, 5.74) is 0. The van der Waals surface area contributed by atoms with Gasteiger partial charge in [0.15, 0.2) is 0 Å². The summed E-state index contributed by atoms with van der Waals surface area (Å²) in [7, 11) is 0. The molecule has 0 unspecified atom stereocenters. The van der Waals surface area contributed by atoms with E-state index in [1.165, 1.54) is 0 Å². The smallest absolute Gasteiger partial charge is 0.00637 e. The predicted molar refractivity (Wildman–Crippen MR) is 37.5 cm³/mol. The van der Waals surface area contributed by atoms with Gasteiger partial charge in [0.25, 0.3) is 0 Å². The van der Waals surface area contributed by atoms with Crippen LogP contribution in [0.2, 0.25) is 0 Å². The molecule has 0 amide bonds. The Hall–Kier alpha value is -0.700. The van der Waals surface area contributed by atoms with Crippen LogP contribution >= 0.6 is 0 Å². The van der Waals surface area contributed by atoms with Crippen molar-refractivity contribution in [3.05, 3.63) is 12.2 Å². The standard InChI is InChI=1S/C8H12/c1-3-5-7-8-6-4-2/h5,7H,3-4H2,1-2H3/b7-5-. The van der Waals surface area contributed by atoms with Gasteiger partial charge in [0, 0.05) is 6.42 Å². The molecule has 0 atom stereocenters. The van der Waals surface area contributed by atoms with E-state index >= 15 is 0 Å². The Morgan fingerprint density at radius 2 is 2.12 bits per heavy atom. The molecule has 0 aromatic carbocycles. The Morgan fingerprint density at radius 1 is 1.38 bits per heavy atom. The number of allylic oxidation sites excluding steroid dienone is 2. The Labute approximate surface area is 51.6 Å². The van der Waals surface area contributed by atoms with Crippen LogP contribution in [0.5, 0.6) is 0 Å². The van der Waals surface area contributed by atoms with Gasteiger partial charge >= 0.3 is 0 Å². The molecule has 0 aliphatic rings. The van der Waals surface area contributed by atoms with Crippen molar-refractivity contribution >= 4 is 0 Å². The van der Waals surface area contributed by atoms with Crippen molar-refractivity contribution in [1.29, 1.82) is 0 Å². The van der Waals surface area contributed by atoms with E-state index < -0.39 is 0 Å². The predicted octanol–water partition coefficient (Wildman–Crippen LogP) is 2.37. The summed E-state index contributed by atoms with van der Waals surface area (Å²) in [5, 5.41) is 0. The fourth-order valence-corrected chi connectivity index (χ4v) is 0.338. The van der Waals surface area contributed by atoms with E-state index in [0.29, 0.717) is 0 Å². The molecular formula is C8H12. The van der Waals surface area contributed by atoms with Gasteiger partial charge in [-0.1, -0.05) is 31.8 Å². The molecular weight excluding hydrogens is 96.1 g/mol. The van der Waals surface area contributed by atoms with Crippen LogP contribution < -0.4 is 0 Å². The zero-order valence-corrected chi connectivity index (χ0v) is 5.57. The van der Waals surface area contributed by atoms with Crippen LogP contribution in [-0.4, -0.2) is 0 Å². The van der Waals surface area contributed by atoms with Crippen LogP contribution in [0, 0.1) is 11.8 Å². The van der Waals surface area contributed by atoms with Gasteiger partial charge in [-0.25, -0.2) is 0 Å². The number of hydrogen-bond acceptors (Lipinski definition) is 0. The van der Waals surface area contributed by atoms with Gasteiger partial charge in [-0.05, 0) is 12.5 Å². The van der Waals surface area contributed by atoms with Crippen LogP contribution in [-0.2, 0) is 0 Å². The van der Waals surface area contributed by atoms with E-state index in [0.717, 1.165) is 12.8 Å². The largest absolute Gasteiger partial charge is 0.0988 e. The van der Waals surface area contributed by atoms with Crippen molar-refractivity contribution in [1.82, 2.24) is 0 Å². The summed E-state index contributed by atoms with van der Waals surface area (Å²) in [6.07, 6.45) is 6.00. The Kier molecular flexibility index (Phi) is 5.75. The average Bonchev–Trinajstić information content (AvgIpc) is 1.81. The van der Waals surface area contributed by atoms with Crippen molar-refractivity contribution in [2.24, 2.45) is 0 Å². The van der Waals surface area contributed by atoms with E-state index in [1.54, 1.807) is 0 Å². The second-order valence-corrected chi connectivity index (χ2v) is 1.49. The Morgan fingerprint density at radius 3 is 2.62 bits per heavy atom. The number of rotatable bonds is 1. The molecule has 0 nitrogen and oxygen atoms in total. The Bertz CT molecular complexity index is 110. The van der Waals surface area contributed by atoms with Crippen molar-refractivity contribution < 1.29 is 0 Å². The summed E-state index contributed by atoms with van der Waals surface area (Å²) in [6.45, 7) is 4.15. The monoisotopic (exact) mass is 108 g/mol. The minimum Gasteiger partial charge on any atom is -0.0988 e. The van der Waals surface area contributed by atoms with Crippen molar-refractivity contribution in [2.45, 2.75) is 26.7 Å². The first kappa shape index (κ1) is 7.30. The summed E-state index contributed by atoms with van der Waals surface area (Å²) in [4.78, 5) is 0. The molecule has 0 rings (SSSR count). The highest BCUT2D eigenvalue weighted by Crippen LogP contribution is 1.76. The maximum Gasteiger partial charge on any atom is 0.00637 e. The lowest BCUT2D eigenvalue weighted by molar-refractivity contribution is 1.22. The minimum absolute atomic E-state index is 0.952. The first-order valence-corrected chi connectivity index (χ1v) is 3.05. The highest BCUT2D eigenvalue weighted by atomic mass is 13.7. The first-order valence-electron chi connectivity index (χ1n) is 3.05. The molecule has 0 saturated carbocycles. The normalized spacial score (nSPS) is 8.75. The van der Waals surface area contributed by atoms with Crippen LogP contribution in [0.1, 0.15) is 26.7 Å². The number of hydrogen-bond donors (Lipinski definition) is 0. The average molecular weight is 108 g/mol. The molecule has 0 aromatic rings. The molecule has 0 fully saturated rings. The second kappa shape index (κ2) is 6.30. The summed E-state index contributed by atoms with van der Waals surface area (Å²) in [5.74, 6) is 5.85. The highest BCUT2D eigenvalue weighted by Gasteiger charge is 1.59. The quantitative estimate of drug-likeness (QED) is 0.452. The lowest BCUT2D eigenvalue weighted by atomic mass is 10.4. The molecule has 0 radical (unpaired) electrons. The van der Waals surface area contributed by atoms with Crippen LogP contribution in [0.15, 0.2) is 12.2 Å². The maximum atomic E-state index is 2.95. The molecule has 0 spiro atoms. The molecule has 0 heterocycles. The molecule has 0 heteroatoms. The first-order chi connectivity index (χ1) is 3.91. The van der Waals surface area contributed by atoms with Crippen LogP contribution in [0.25, 0.3) is 0 Å². The lowest BCUT2D eigenvalue weighted by Gasteiger charge is -1.69. The molecule has 0 aliphatic carbocycles. The van der Waals surface area contributed by atoms with Gasteiger partial charge in [0.1, 0.15) is 0 Å². The fourth-order valence-electron chi connectivity index (χ4n) is 0.338. The summed E-state index contributed by atoms with van der Waals surface area (Å²) < 4.78 is 0. The van der Waals surface area contributed by atoms with Gasteiger partial charge in [-0.15, -0.1) is 0 Å². The van der Waals surface area contributed by atoms with Crippen molar-refractivity contribution in [3.63, 3.8) is 0 Å². The molecule has 0 N–H and O–H groups in total. The molecule has 44 valence electrons. The summed E-state index contributed by atoms with van der Waals surface area (Å²) in [6, 6.07) is 0. The van der Waals surface area contributed by atoms with E-state index in [4.69, 9.17) is 0 Å². The van der Waals surface area contributed by atoms with Crippen LogP contribution in [0.4, 0.5) is 0 Å². The van der Waals surface area contributed by atoms with Gasteiger partial charge in [-0.3, -0.25) is 0 Å². The molecule has 0 aromatic heterocycles. The van der Waals surface area contributed by atoms with Crippen molar-refractivity contribution in [2.75, 3.05) is 0 Å². The highest BCUT2D eigenvalue weighted by molar-refractivity contribution is 5.14. The van der Waals surface area contributed by atoms with Crippen LogP contribution in [0.3, 0.4) is 0 Å². The third-order valence-electron chi connectivity index (χ3n) is 0.716.